The zero-order valence-electron chi connectivity index (χ0n) is 14.9. The third-order valence-electron chi connectivity index (χ3n) is 4.83. The molecule has 0 bridgehead atoms. The highest BCUT2D eigenvalue weighted by molar-refractivity contribution is 5.80. The van der Waals surface area contributed by atoms with E-state index in [1.165, 1.54) is 37.7 Å². The second-order valence-electron chi connectivity index (χ2n) is 6.55. The summed E-state index contributed by atoms with van der Waals surface area (Å²) in [4.78, 5) is 6.84. The average Bonchev–Trinajstić information content (AvgIpc) is 2.62. The molecule has 4 heteroatoms. The van der Waals surface area contributed by atoms with Crippen LogP contribution in [0.4, 0.5) is 0 Å². The van der Waals surface area contributed by atoms with Crippen molar-refractivity contribution >= 4 is 5.96 Å². The maximum Gasteiger partial charge on any atom is 0.191 e. The fourth-order valence-electron chi connectivity index (χ4n) is 3.28. The number of hydrogen-bond acceptors (Lipinski definition) is 2. The van der Waals surface area contributed by atoms with Crippen LogP contribution >= 0.6 is 0 Å². The lowest BCUT2D eigenvalue weighted by Gasteiger charge is -2.31. The van der Waals surface area contributed by atoms with E-state index in [2.05, 4.69) is 58.8 Å². The number of guanidine groups is 1. The average molecular weight is 316 g/mol. The summed E-state index contributed by atoms with van der Waals surface area (Å²) < 4.78 is 0. The molecule has 0 saturated heterocycles. The monoisotopic (exact) mass is 316 g/mol. The number of likely N-dealkylation sites (N-methyl/N-ethyl adjacent to an activating group) is 1. The van der Waals surface area contributed by atoms with E-state index in [1.807, 2.05) is 13.1 Å². The van der Waals surface area contributed by atoms with Crippen molar-refractivity contribution < 1.29 is 0 Å². The first-order chi connectivity index (χ1) is 11.2. The number of hydrogen-bond donors (Lipinski definition) is 2. The van der Waals surface area contributed by atoms with Crippen molar-refractivity contribution in [2.45, 2.75) is 51.1 Å². The fraction of sp³-hybridized carbons (Fsp3) is 0.632. The number of benzene rings is 1. The summed E-state index contributed by atoms with van der Waals surface area (Å²) in [5.74, 6) is 0.874. The molecule has 1 aromatic carbocycles. The molecule has 2 rings (SSSR count). The summed E-state index contributed by atoms with van der Waals surface area (Å²) in [5.41, 5.74) is 1.27. The topological polar surface area (TPSA) is 39.7 Å². The van der Waals surface area contributed by atoms with Crippen molar-refractivity contribution in [2.75, 3.05) is 27.2 Å². The van der Waals surface area contributed by atoms with Gasteiger partial charge in [0, 0.05) is 26.2 Å². The van der Waals surface area contributed by atoms with Gasteiger partial charge < -0.3 is 15.5 Å². The predicted molar refractivity (Wildman–Crippen MR) is 98.9 cm³/mol. The number of nitrogens with zero attached hydrogens (tertiary/aromatic N) is 2. The van der Waals surface area contributed by atoms with Gasteiger partial charge >= 0.3 is 0 Å². The SMILES string of the molecule is CN=C(NCCN(C)C1CCCCC1)NC(C)c1ccccc1. The first-order valence-electron chi connectivity index (χ1n) is 8.93. The second-order valence-corrected chi connectivity index (χ2v) is 6.55. The Morgan fingerprint density at radius 3 is 2.57 bits per heavy atom. The summed E-state index contributed by atoms with van der Waals surface area (Å²) >= 11 is 0. The third-order valence-corrected chi connectivity index (χ3v) is 4.83. The third kappa shape index (κ3) is 5.87. The quantitative estimate of drug-likeness (QED) is 0.625. The van der Waals surface area contributed by atoms with Crippen LogP contribution in [-0.2, 0) is 0 Å². The molecule has 1 atom stereocenters. The van der Waals surface area contributed by atoms with Crippen LogP contribution in [0.15, 0.2) is 35.3 Å². The molecule has 1 fully saturated rings. The molecule has 2 N–H and O–H groups in total. The van der Waals surface area contributed by atoms with Crippen LogP contribution < -0.4 is 10.6 Å². The Balaban J connectivity index is 1.72. The van der Waals surface area contributed by atoms with Crippen LogP contribution in [0, 0.1) is 0 Å². The standard InChI is InChI=1S/C19H32N4/c1-16(17-10-6-4-7-11-17)22-19(20-2)21-14-15-23(3)18-12-8-5-9-13-18/h4,6-7,10-11,16,18H,5,8-9,12-15H2,1-3H3,(H2,20,21,22). The maximum absolute atomic E-state index is 4.34. The molecule has 1 saturated carbocycles. The smallest absolute Gasteiger partial charge is 0.191 e. The Kier molecular flexibility index (Phi) is 7.40. The van der Waals surface area contributed by atoms with Crippen LogP contribution in [-0.4, -0.2) is 44.1 Å². The van der Waals surface area contributed by atoms with E-state index in [0.29, 0.717) is 0 Å². The molecule has 1 aliphatic rings. The number of nitrogens with one attached hydrogen (secondary N) is 2. The molecule has 4 nitrogen and oxygen atoms in total. The Morgan fingerprint density at radius 2 is 1.91 bits per heavy atom. The molecule has 1 unspecified atom stereocenters. The van der Waals surface area contributed by atoms with Crippen molar-refractivity contribution in [3.63, 3.8) is 0 Å². The molecule has 0 heterocycles. The summed E-state index contributed by atoms with van der Waals surface area (Å²) in [6, 6.07) is 11.5. The minimum Gasteiger partial charge on any atom is -0.355 e. The van der Waals surface area contributed by atoms with Crippen LogP contribution in [0.3, 0.4) is 0 Å². The van der Waals surface area contributed by atoms with Crippen LogP contribution in [0.5, 0.6) is 0 Å². The number of aliphatic imine (C=N–C) groups is 1. The largest absolute Gasteiger partial charge is 0.355 e. The molecule has 0 spiro atoms. The van der Waals surface area contributed by atoms with Gasteiger partial charge in [-0.05, 0) is 32.4 Å². The molecular formula is C19H32N4. The second kappa shape index (κ2) is 9.56. The summed E-state index contributed by atoms with van der Waals surface area (Å²) in [6.45, 7) is 4.15. The molecular weight excluding hydrogens is 284 g/mol. The molecule has 1 aromatic rings. The fourth-order valence-corrected chi connectivity index (χ4v) is 3.28. The summed E-state index contributed by atoms with van der Waals surface area (Å²) in [6.07, 6.45) is 6.90. The first kappa shape index (κ1) is 17.8. The Labute approximate surface area is 141 Å². The van der Waals surface area contributed by atoms with Gasteiger partial charge in [-0.15, -0.1) is 0 Å². The predicted octanol–water partition coefficient (Wildman–Crippen LogP) is 3.18. The molecule has 0 aromatic heterocycles. The van der Waals surface area contributed by atoms with E-state index in [0.717, 1.165) is 25.1 Å². The Morgan fingerprint density at radius 1 is 1.22 bits per heavy atom. The lowest BCUT2D eigenvalue weighted by atomic mass is 9.94. The normalized spacial score (nSPS) is 18.0. The zero-order valence-corrected chi connectivity index (χ0v) is 14.9. The lowest BCUT2D eigenvalue weighted by molar-refractivity contribution is 0.194. The van der Waals surface area contributed by atoms with E-state index in [-0.39, 0.29) is 6.04 Å². The minimum absolute atomic E-state index is 0.249. The zero-order chi connectivity index (χ0) is 16.5. The highest BCUT2D eigenvalue weighted by Gasteiger charge is 2.17. The van der Waals surface area contributed by atoms with Gasteiger partial charge in [0.05, 0.1) is 6.04 Å². The maximum atomic E-state index is 4.34. The van der Waals surface area contributed by atoms with Gasteiger partial charge in [-0.2, -0.15) is 0 Å². The van der Waals surface area contributed by atoms with Crippen molar-refractivity contribution in [1.82, 2.24) is 15.5 Å². The molecule has 128 valence electrons. The van der Waals surface area contributed by atoms with Crippen LogP contribution in [0.25, 0.3) is 0 Å². The van der Waals surface area contributed by atoms with Gasteiger partial charge in [-0.3, -0.25) is 4.99 Å². The number of rotatable bonds is 6. The van der Waals surface area contributed by atoms with Gasteiger partial charge in [0.15, 0.2) is 5.96 Å². The van der Waals surface area contributed by atoms with Gasteiger partial charge in [0.25, 0.3) is 0 Å². The molecule has 1 aliphatic carbocycles. The van der Waals surface area contributed by atoms with Crippen LogP contribution in [0.1, 0.15) is 50.6 Å². The van der Waals surface area contributed by atoms with E-state index < -0.39 is 0 Å². The van der Waals surface area contributed by atoms with Crippen molar-refractivity contribution in [2.24, 2.45) is 4.99 Å². The van der Waals surface area contributed by atoms with Gasteiger partial charge in [0.2, 0.25) is 0 Å². The summed E-state index contributed by atoms with van der Waals surface area (Å²) in [7, 11) is 4.08. The lowest BCUT2D eigenvalue weighted by Crippen LogP contribution is -2.44. The van der Waals surface area contributed by atoms with E-state index in [4.69, 9.17) is 0 Å². The summed E-state index contributed by atoms with van der Waals surface area (Å²) in [5, 5.41) is 6.89. The van der Waals surface area contributed by atoms with E-state index in [9.17, 15) is 0 Å². The van der Waals surface area contributed by atoms with Gasteiger partial charge in [0.1, 0.15) is 0 Å². The van der Waals surface area contributed by atoms with Crippen LogP contribution in [0.2, 0.25) is 0 Å². The first-order valence-corrected chi connectivity index (χ1v) is 8.93. The van der Waals surface area contributed by atoms with Gasteiger partial charge in [-0.1, -0.05) is 49.6 Å². The van der Waals surface area contributed by atoms with Crippen molar-refractivity contribution in [1.29, 1.82) is 0 Å². The van der Waals surface area contributed by atoms with Crippen molar-refractivity contribution in [3.8, 4) is 0 Å². The molecule has 23 heavy (non-hydrogen) atoms. The highest BCUT2D eigenvalue weighted by Crippen LogP contribution is 2.21. The minimum atomic E-state index is 0.249. The molecule has 0 aliphatic heterocycles. The molecule has 0 amide bonds. The van der Waals surface area contributed by atoms with Crippen molar-refractivity contribution in [3.05, 3.63) is 35.9 Å². The van der Waals surface area contributed by atoms with Gasteiger partial charge in [-0.25, -0.2) is 0 Å². The Hall–Kier alpha value is -1.55. The van der Waals surface area contributed by atoms with E-state index >= 15 is 0 Å². The highest BCUT2D eigenvalue weighted by atomic mass is 15.2. The molecule has 0 radical (unpaired) electrons. The van der Waals surface area contributed by atoms with E-state index in [1.54, 1.807) is 0 Å². The Bertz CT molecular complexity index is 466.